The molecule has 4 aromatic rings. The number of carbonyl (C=O) groups is 2. The van der Waals surface area contributed by atoms with Gasteiger partial charge in [-0.2, -0.15) is 10.2 Å². The van der Waals surface area contributed by atoms with Gasteiger partial charge in [-0.15, -0.1) is 0 Å². The normalized spacial score (nSPS) is 22.8. The molecule has 12 nitrogen and oxygen atoms in total. The summed E-state index contributed by atoms with van der Waals surface area (Å²) in [5.41, 5.74) is 5.68. The van der Waals surface area contributed by atoms with Gasteiger partial charge in [0.1, 0.15) is 23.2 Å². The van der Waals surface area contributed by atoms with Crippen molar-refractivity contribution in [2.75, 3.05) is 57.4 Å². The molecule has 4 aliphatic heterocycles. The number of ether oxygens (including phenoxy) is 1. The Morgan fingerprint density at radius 1 is 1.04 bits per heavy atom. The minimum Gasteiger partial charge on any atom is -0.381 e. The predicted octanol–water partition coefficient (Wildman–Crippen LogP) is 3.39. The number of pyridine rings is 1. The van der Waals surface area contributed by atoms with E-state index in [-0.39, 0.29) is 11.8 Å². The summed E-state index contributed by atoms with van der Waals surface area (Å²) in [6.45, 7) is 5.13. The van der Waals surface area contributed by atoms with Crippen molar-refractivity contribution in [1.29, 1.82) is 0 Å². The molecule has 1 spiro atoms. The third kappa shape index (κ3) is 5.28. The number of rotatable bonds is 6. The van der Waals surface area contributed by atoms with E-state index < -0.39 is 5.41 Å². The number of nitrogens with zero attached hydrogens (tertiary/aromatic N) is 8. The Morgan fingerprint density at radius 2 is 1.85 bits per heavy atom. The molecule has 1 atom stereocenters. The molecule has 0 saturated carbocycles. The van der Waals surface area contributed by atoms with Crippen LogP contribution in [0.5, 0.6) is 0 Å². The van der Waals surface area contributed by atoms with E-state index in [1.807, 2.05) is 41.1 Å². The fourth-order valence-electron chi connectivity index (χ4n) is 7.59. The zero-order valence-electron chi connectivity index (χ0n) is 26.2. The Morgan fingerprint density at radius 3 is 2.61 bits per heavy atom. The predicted molar refractivity (Wildman–Crippen MR) is 173 cm³/mol. The number of hydrogen-bond donors (Lipinski definition) is 1. The first-order valence-electron chi connectivity index (χ1n) is 16.4. The van der Waals surface area contributed by atoms with Crippen molar-refractivity contribution in [3.05, 3.63) is 60.1 Å². The van der Waals surface area contributed by atoms with E-state index in [0.29, 0.717) is 50.3 Å². The number of amides is 2. The quantitative estimate of drug-likeness (QED) is 0.348. The van der Waals surface area contributed by atoms with Crippen LogP contribution in [-0.2, 0) is 21.4 Å². The van der Waals surface area contributed by atoms with Crippen LogP contribution in [0.25, 0.3) is 28.0 Å². The topological polar surface area (TPSA) is 125 Å². The molecule has 238 valence electrons. The van der Waals surface area contributed by atoms with Gasteiger partial charge >= 0.3 is 0 Å². The number of aromatic nitrogens is 6. The van der Waals surface area contributed by atoms with E-state index in [4.69, 9.17) is 9.72 Å². The largest absolute Gasteiger partial charge is 0.381 e. The van der Waals surface area contributed by atoms with Crippen LogP contribution in [0.2, 0.25) is 0 Å². The lowest BCUT2D eigenvalue weighted by atomic mass is 9.85. The second-order valence-electron chi connectivity index (χ2n) is 13.1. The third-order valence-electron chi connectivity index (χ3n) is 10.3. The van der Waals surface area contributed by atoms with Crippen molar-refractivity contribution in [2.45, 2.75) is 38.0 Å². The van der Waals surface area contributed by atoms with Crippen molar-refractivity contribution in [1.82, 2.24) is 39.7 Å². The van der Waals surface area contributed by atoms with Crippen LogP contribution in [0, 0.1) is 5.41 Å². The molecule has 3 fully saturated rings. The minimum absolute atomic E-state index is 0.124. The molecule has 3 saturated heterocycles. The van der Waals surface area contributed by atoms with Gasteiger partial charge < -0.3 is 9.64 Å². The smallest absolute Gasteiger partial charge is 0.237 e. The molecule has 3 aromatic heterocycles. The van der Waals surface area contributed by atoms with Gasteiger partial charge in [0.2, 0.25) is 11.8 Å². The van der Waals surface area contributed by atoms with Crippen LogP contribution >= 0.6 is 0 Å². The number of benzene rings is 1. The monoisotopic (exact) mass is 621 g/mol. The molecule has 4 aliphatic rings. The maximum Gasteiger partial charge on any atom is 0.237 e. The molecule has 0 radical (unpaired) electrons. The van der Waals surface area contributed by atoms with Gasteiger partial charge in [0.05, 0.1) is 17.7 Å². The van der Waals surface area contributed by atoms with E-state index in [1.165, 1.54) is 11.1 Å². The highest BCUT2D eigenvalue weighted by Gasteiger charge is 2.51. The zero-order valence-corrected chi connectivity index (χ0v) is 26.2. The van der Waals surface area contributed by atoms with Crippen LogP contribution in [-0.4, -0.2) is 104 Å². The summed E-state index contributed by atoms with van der Waals surface area (Å²) in [6, 6.07) is 12.2. The first-order chi connectivity index (χ1) is 22.5. The fraction of sp³-hybridized carbons (Fsp3) is 0.471. The Kier molecular flexibility index (Phi) is 7.41. The highest BCUT2D eigenvalue weighted by atomic mass is 16.5. The molecule has 0 bridgehead atoms. The van der Waals surface area contributed by atoms with Crippen LogP contribution in [0.4, 0.5) is 5.82 Å². The zero-order chi connectivity index (χ0) is 31.3. The first-order valence-corrected chi connectivity index (χ1v) is 16.4. The standard InChI is InChI=1S/C34H39N9O3/c1-40-22-35-32(39-40)26-4-2-23(3-5-26)24-8-14-42(15-9-24)29(44)20-41-16-12-34(21-41)13-17-43(33(34)45)28-7-6-27-31(36-28)30(38-37-27)25-10-18-46-19-11-25/h2-8,22,25H,9-21H2,1H3,(H,37,38)/t34-/m0/s1. The maximum absolute atomic E-state index is 13.9. The molecule has 0 aliphatic carbocycles. The number of hydrogen-bond acceptors (Lipinski definition) is 8. The number of anilines is 1. The van der Waals surface area contributed by atoms with Gasteiger partial charge in [-0.3, -0.25) is 29.2 Å². The number of aryl methyl sites for hydroxylation is 1. The van der Waals surface area contributed by atoms with Crippen molar-refractivity contribution >= 4 is 34.2 Å². The van der Waals surface area contributed by atoms with E-state index in [1.54, 1.807) is 11.0 Å². The van der Waals surface area contributed by atoms with Crippen molar-refractivity contribution in [3.8, 4) is 11.4 Å². The second kappa shape index (κ2) is 11.7. The Hall–Kier alpha value is -4.42. The maximum atomic E-state index is 13.9. The van der Waals surface area contributed by atoms with Gasteiger partial charge in [-0.05, 0) is 61.9 Å². The van der Waals surface area contributed by atoms with Gasteiger partial charge in [-0.25, -0.2) is 9.97 Å². The summed E-state index contributed by atoms with van der Waals surface area (Å²) in [5, 5.41) is 12.1. The molecule has 1 N–H and O–H groups in total. The lowest BCUT2D eigenvalue weighted by molar-refractivity contribution is -0.132. The van der Waals surface area contributed by atoms with Gasteiger partial charge in [0.25, 0.3) is 0 Å². The highest BCUT2D eigenvalue weighted by Crippen LogP contribution is 2.42. The van der Waals surface area contributed by atoms with Crippen molar-refractivity contribution < 1.29 is 14.3 Å². The summed E-state index contributed by atoms with van der Waals surface area (Å²) in [4.78, 5) is 42.5. The minimum atomic E-state index is -0.456. The van der Waals surface area contributed by atoms with Gasteiger partial charge in [0.15, 0.2) is 5.82 Å². The highest BCUT2D eigenvalue weighted by molar-refractivity contribution is 6.00. The number of H-pyrrole nitrogens is 1. The molecule has 2 amide bonds. The molecule has 8 rings (SSSR count). The Bertz CT molecular complexity index is 1810. The lowest BCUT2D eigenvalue weighted by Crippen LogP contribution is -2.43. The van der Waals surface area contributed by atoms with Crippen molar-refractivity contribution in [2.24, 2.45) is 12.5 Å². The van der Waals surface area contributed by atoms with E-state index in [2.05, 4.69) is 43.4 Å². The van der Waals surface area contributed by atoms with Gasteiger partial charge in [0, 0.05) is 57.9 Å². The SMILES string of the molecule is Cn1cnc(-c2ccc(C3=CCN(C(=O)CN4CC[C@]5(CCN(c6ccc7n[nH]c(C8CCOCC8)c7n6)C5=O)C4)CC3)cc2)n1. The number of nitrogens with one attached hydrogen (secondary N) is 1. The molecule has 1 aromatic carbocycles. The fourth-order valence-corrected chi connectivity index (χ4v) is 7.59. The first kappa shape index (κ1) is 29.0. The molecular formula is C34H39N9O3. The Balaban J connectivity index is 0.882. The molecular weight excluding hydrogens is 582 g/mol. The summed E-state index contributed by atoms with van der Waals surface area (Å²) >= 11 is 0. The second-order valence-corrected chi connectivity index (χ2v) is 13.1. The molecule has 46 heavy (non-hydrogen) atoms. The average molecular weight is 622 g/mol. The average Bonchev–Trinajstić information content (AvgIpc) is 3.89. The summed E-state index contributed by atoms with van der Waals surface area (Å²) < 4.78 is 7.24. The summed E-state index contributed by atoms with van der Waals surface area (Å²) in [7, 11) is 1.86. The van der Waals surface area contributed by atoms with E-state index in [0.717, 1.165) is 74.2 Å². The van der Waals surface area contributed by atoms with E-state index in [9.17, 15) is 9.59 Å². The van der Waals surface area contributed by atoms with Crippen LogP contribution < -0.4 is 4.90 Å². The lowest BCUT2D eigenvalue weighted by Gasteiger charge is -2.29. The van der Waals surface area contributed by atoms with Crippen molar-refractivity contribution in [3.63, 3.8) is 0 Å². The number of fused-ring (bicyclic) bond motifs is 1. The molecule has 0 unspecified atom stereocenters. The number of carbonyl (C=O) groups excluding carboxylic acids is 2. The number of likely N-dealkylation sites (tertiary alicyclic amines) is 1. The Labute approximate surface area is 267 Å². The van der Waals surface area contributed by atoms with Crippen LogP contribution in [0.3, 0.4) is 0 Å². The van der Waals surface area contributed by atoms with Crippen LogP contribution in [0.1, 0.15) is 49.3 Å². The van der Waals surface area contributed by atoms with Crippen LogP contribution in [0.15, 0.2) is 48.8 Å². The van der Waals surface area contributed by atoms with Gasteiger partial charge in [-0.1, -0.05) is 30.3 Å². The van der Waals surface area contributed by atoms with E-state index >= 15 is 0 Å². The number of aromatic amines is 1. The summed E-state index contributed by atoms with van der Waals surface area (Å²) in [5.74, 6) is 2.00. The molecule has 12 heteroatoms. The molecule has 7 heterocycles. The third-order valence-corrected chi connectivity index (χ3v) is 10.3. The summed E-state index contributed by atoms with van der Waals surface area (Å²) in [6.07, 6.45) is 8.11.